The molecule has 0 fully saturated rings. The molecule has 0 saturated carbocycles. The fourth-order valence-electron chi connectivity index (χ4n) is 2.66. The molecular formula is C20H21N3O2. The summed E-state index contributed by atoms with van der Waals surface area (Å²) in [5, 5.41) is 7.60. The monoisotopic (exact) mass is 335 g/mol. The molecule has 0 aliphatic rings. The van der Waals surface area contributed by atoms with Crippen molar-refractivity contribution in [3.05, 3.63) is 72.4 Å². The Balaban J connectivity index is 2.00. The van der Waals surface area contributed by atoms with Crippen LogP contribution in [0.1, 0.15) is 17.3 Å². The number of hydrogen-bond acceptors (Lipinski definition) is 3. The first-order valence-electron chi connectivity index (χ1n) is 8.19. The van der Waals surface area contributed by atoms with Crippen LogP contribution in [0.4, 0.5) is 0 Å². The van der Waals surface area contributed by atoms with E-state index >= 15 is 0 Å². The molecule has 0 radical (unpaired) electrons. The summed E-state index contributed by atoms with van der Waals surface area (Å²) >= 11 is 0. The number of benzene rings is 2. The second kappa shape index (κ2) is 7.77. The van der Waals surface area contributed by atoms with Gasteiger partial charge >= 0.3 is 0 Å². The van der Waals surface area contributed by atoms with Crippen molar-refractivity contribution in [2.24, 2.45) is 0 Å². The predicted molar refractivity (Wildman–Crippen MR) is 97.8 cm³/mol. The van der Waals surface area contributed by atoms with Gasteiger partial charge in [-0.2, -0.15) is 5.10 Å². The van der Waals surface area contributed by atoms with Gasteiger partial charge in [-0.15, -0.1) is 0 Å². The number of carbonyl (C=O) groups is 1. The topological polar surface area (TPSA) is 56.1 Å². The van der Waals surface area contributed by atoms with Crippen molar-refractivity contribution >= 4 is 5.91 Å². The normalized spacial score (nSPS) is 11.9. The molecule has 0 saturated heterocycles. The minimum absolute atomic E-state index is 0.0822. The van der Waals surface area contributed by atoms with Crippen LogP contribution in [0, 0.1) is 0 Å². The Bertz CT molecular complexity index is 829. The first-order valence-corrected chi connectivity index (χ1v) is 8.19. The highest BCUT2D eigenvalue weighted by Gasteiger charge is 2.19. The zero-order chi connectivity index (χ0) is 17.6. The lowest BCUT2D eigenvalue weighted by Crippen LogP contribution is -2.35. The highest BCUT2D eigenvalue weighted by Crippen LogP contribution is 2.23. The molecule has 2 aromatic carbocycles. The zero-order valence-corrected chi connectivity index (χ0v) is 14.3. The van der Waals surface area contributed by atoms with E-state index in [4.69, 9.17) is 4.74 Å². The maximum absolute atomic E-state index is 12.7. The van der Waals surface area contributed by atoms with Crippen LogP contribution >= 0.6 is 0 Å². The van der Waals surface area contributed by atoms with Gasteiger partial charge in [-0.1, -0.05) is 48.5 Å². The largest absolute Gasteiger partial charge is 0.383 e. The van der Waals surface area contributed by atoms with Crippen molar-refractivity contribution in [3.63, 3.8) is 0 Å². The SMILES string of the molecule is COC[C@@H](C)NC(=O)c1cn(-c2ccccc2)nc1-c1ccccc1. The number of carbonyl (C=O) groups excluding carboxylic acids is 1. The quantitative estimate of drug-likeness (QED) is 0.752. The zero-order valence-electron chi connectivity index (χ0n) is 14.3. The number of amides is 1. The molecule has 1 aromatic heterocycles. The summed E-state index contributed by atoms with van der Waals surface area (Å²) in [7, 11) is 1.62. The van der Waals surface area contributed by atoms with Gasteiger partial charge in [0.15, 0.2) is 0 Å². The van der Waals surface area contributed by atoms with Gasteiger partial charge in [0.25, 0.3) is 5.91 Å². The molecule has 0 aliphatic carbocycles. The maximum atomic E-state index is 12.7. The summed E-state index contributed by atoms with van der Waals surface area (Å²) in [4.78, 5) is 12.7. The van der Waals surface area contributed by atoms with Crippen LogP contribution in [-0.2, 0) is 4.74 Å². The van der Waals surface area contributed by atoms with E-state index in [1.165, 1.54) is 0 Å². The molecule has 0 spiro atoms. The highest BCUT2D eigenvalue weighted by atomic mass is 16.5. The molecule has 128 valence electrons. The summed E-state index contributed by atoms with van der Waals surface area (Å²) in [5.41, 5.74) is 3.01. The molecule has 5 heteroatoms. The summed E-state index contributed by atoms with van der Waals surface area (Å²) in [6.45, 7) is 2.37. The Morgan fingerprint density at radius 2 is 1.76 bits per heavy atom. The van der Waals surface area contributed by atoms with Crippen molar-refractivity contribution < 1.29 is 9.53 Å². The lowest BCUT2D eigenvalue weighted by atomic mass is 10.1. The molecule has 1 N–H and O–H groups in total. The van der Waals surface area contributed by atoms with Crippen LogP contribution < -0.4 is 5.32 Å². The van der Waals surface area contributed by atoms with Crippen LogP contribution in [0.5, 0.6) is 0 Å². The molecule has 25 heavy (non-hydrogen) atoms. The van der Waals surface area contributed by atoms with E-state index in [1.54, 1.807) is 18.0 Å². The van der Waals surface area contributed by atoms with E-state index in [-0.39, 0.29) is 11.9 Å². The van der Waals surface area contributed by atoms with Gasteiger partial charge < -0.3 is 10.1 Å². The van der Waals surface area contributed by atoms with Crippen LogP contribution in [0.2, 0.25) is 0 Å². The first-order chi connectivity index (χ1) is 12.2. The average molecular weight is 335 g/mol. The molecular weight excluding hydrogens is 314 g/mol. The third kappa shape index (κ3) is 3.95. The Morgan fingerprint density at radius 3 is 2.40 bits per heavy atom. The van der Waals surface area contributed by atoms with E-state index in [2.05, 4.69) is 10.4 Å². The number of ether oxygens (including phenoxy) is 1. The molecule has 5 nitrogen and oxygen atoms in total. The fraction of sp³-hybridized carbons (Fsp3) is 0.200. The van der Waals surface area contributed by atoms with E-state index in [0.717, 1.165) is 11.3 Å². The van der Waals surface area contributed by atoms with Crippen LogP contribution in [0.25, 0.3) is 16.9 Å². The number of rotatable bonds is 6. The van der Waals surface area contributed by atoms with Gasteiger partial charge in [-0.25, -0.2) is 4.68 Å². The number of methoxy groups -OCH3 is 1. The summed E-state index contributed by atoms with van der Waals surface area (Å²) in [6.07, 6.45) is 1.77. The molecule has 3 aromatic rings. The highest BCUT2D eigenvalue weighted by molar-refractivity contribution is 6.00. The van der Waals surface area contributed by atoms with Gasteiger partial charge in [0.05, 0.1) is 17.9 Å². The number of para-hydroxylation sites is 1. The van der Waals surface area contributed by atoms with E-state index in [1.807, 2.05) is 67.6 Å². The number of nitrogens with zero attached hydrogens (tertiary/aromatic N) is 2. The third-order valence-corrected chi connectivity index (χ3v) is 3.82. The van der Waals surface area contributed by atoms with Gasteiger partial charge in [-0.3, -0.25) is 4.79 Å². The van der Waals surface area contributed by atoms with E-state index in [0.29, 0.717) is 17.9 Å². The average Bonchev–Trinajstić information content (AvgIpc) is 3.09. The third-order valence-electron chi connectivity index (χ3n) is 3.82. The Morgan fingerprint density at radius 1 is 1.12 bits per heavy atom. The fourth-order valence-corrected chi connectivity index (χ4v) is 2.66. The second-order valence-corrected chi connectivity index (χ2v) is 5.87. The molecule has 1 amide bonds. The van der Waals surface area contributed by atoms with Gasteiger partial charge in [0.1, 0.15) is 5.69 Å². The van der Waals surface area contributed by atoms with E-state index < -0.39 is 0 Å². The maximum Gasteiger partial charge on any atom is 0.255 e. The smallest absolute Gasteiger partial charge is 0.255 e. The van der Waals surface area contributed by atoms with Crippen molar-refractivity contribution in [2.45, 2.75) is 13.0 Å². The van der Waals surface area contributed by atoms with Crippen molar-refractivity contribution in [1.29, 1.82) is 0 Å². The van der Waals surface area contributed by atoms with Gasteiger partial charge in [0, 0.05) is 24.9 Å². The van der Waals surface area contributed by atoms with Crippen molar-refractivity contribution in [2.75, 3.05) is 13.7 Å². The lowest BCUT2D eigenvalue weighted by molar-refractivity contribution is 0.0906. The molecule has 1 atom stereocenters. The van der Waals surface area contributed by atoms with E-state index in [9.17, 15) is 4.79 Å². The summed E-state index contributed by atoms with van der Waals surface area (Å²) < 4.78 is 6.83. The Hall–Kier alpha value is -2.92. The number of nitrogens with one attached hydrogen (secondary N) is 1. The van der Waals surface area contributed by atoms with Crippen LogP contribution in [0.15, 0.2) is 66.9 Å². The van der Waals surface area contributed by atoms with Crippen LogP contribution in [0.3, 0.4) is 0 Å². The molecule has 3 rings (SSSR count). The van der Waals surface area contributed by atoms with Gasteiger partial charge in [0.2, 0.25) is 0 Å². The van der Waals surface area contributed by atoms with Crippen molar-refractivity contribution in [3.8, 4) is 16.9 Å². The minimum Gasteiger partial charge on any atom is -0.383 e. The predicted octanol–water partition coefficient (Wildman–Crippen LogP) is 3.30. The lowest BCUT2D eigenvalue weighted by Gasteiger charge is -2.12. The molecule has 1 heterocycles. The number of hydrogen-bond donors (Lipinski definition) is 1. The molecule has 0 aliphatic heterocycles. The van der Waals surface area contributed by atoms with Gasteiger partial charge in [-0.05, 0) is 19.1 Å². The Labute approximate surface area is 147 Å². The Kier molecular flexibility index (Phi) is 5.26. The summed E-state index contributed by atoms with van der Waals surface area (Å²) in [6, 6.07) is 19.4. The molecule has 0 bridgehead atoms. The number of aromatic nitrogens is 2. The van der Waals surface area contributed by atoms with Crippen molar-refractivity contribution in [1.82, 2.24) is 15.1 Å². The van der Waals surface area contributed by atoms with Crippen LogP contribution in [-0.4, -0.2) is 35.4 Å². The second-order valence-electron chi connectivity index (χ2n) is 5.87. The minimum atomic E-state index is -0.161. The molecule has 0 unspecified atom stereocenters. The standard InChI is InChI=1S/C20H21N3O2/c1-15(14-25-2)21-20(24)18-13-23(17-11-7-4-8-12-17)22-19(18)16-9-5-3-6-10-16/h3-13,15H,14H2,1-2H3,(H,21,24)/t15-/m1/s1. The summed E-state index contributed by atoms with van der Waals surface area (Å²) in [5.74, 6) is -0.161. The first kappa shape index (κ1) is 16.9.